The first-order valence-electron chi connectivity index (χ1n) is 8.83. The first-order chi connectivity index (χ1) is 13.1. The number of ether oxygens (including phenoxy) is 1. The van der Waals surface area contributed by atoms with Crippen molar-refractivity contribution in [1.29, 1.82) is 0 Å². The lowest BCUT2D eigenvalue weighted by molar-refractivity contribution is -0.127. The van der Waals surface area contributed by atoms with E-state index < -0.39 is 6.10 Å². The standard InChI is InChI=1S/C23H22N2O2/c1-17-8-10-19(11-9-17)16-24-25-23(26)18(2)27-22-14-12-21(13-15-22)20-6-4-3-5-7-20/h3-16,18H,1-2H3,(H,25,26)/b24-16+. The molecule has 0 spiro atoms. The van der Waals surface area contributed by atoms with Crippen LogP contribution < -0.4 is 10.2 Å². The molecule has 0 heterocycles. The van der Waals surface area contributed by atoms with Crippen molar-refractivity contribution in [2.24, 2.45) is 5.10 Å². The lowest BCUT2D eigenvalue weighted by atomic mass is 10.1. The zero-order chi connectivity index (χ0) is 19.1. The van der Waals surface area contributed by atoms with E-state index in [2.05, 4.69) is 22.7 Å². The number of carbonyl (C=O) groups is 1. The fourth-order valence-electron chi connectivity index (χ4n) is 2.53. The van der Waals surface area contributed by atoms with Gasteiger partial charge in [-0.05, 0) is 42.7 Å². The Bertz CT molecular complexity index is 901. The highest BCUT2D eigenvalue weighted by atomic mass is 16.5. The lowest BCUT2D eigenvalue weighted by Gasteiger charge is -2.13. The number of benzene rings is 3. The highest BCUT2D eigenvalue weighted by molar-refractivity contribution is 5.84. The van der Waals surface area contributed by atoms with E-state index in [-0.39, 0.29) is 5.91 Å². The fraction of sp³-hybridized carbons (Fsp3) is 0.130. The average Bonchev–Trinajstić information content (AvgIpc) is 2.70. The summed E-state index contributed by atoms with van der Waals surface area (Å²) in [6, 6.07) is 25.7. The second kappa shape index (κ2) is 8.81. The van der Waals surface area contributed by atoms with Crippen LogP contribution in [0, 0.1) is 6.92 Å². The van der Waals surface area contributed by atoms with Gasteiger partial charge in [-0.2, -0.15) is 5.10 Å². The Hall–Kier alpha value is -3.40. The number of nitrogens with zero attached hydrogens (tertiary/aromatic N) is 1. The summed E-state index contributed by atoms with van der Waals surface area (Å²) < 4.78 is 5.70. The van der Waals surface area contributed by atoms with Crippen LogP contribution in [0.2, 0.25) is 0 Å². The number of hydrazone groups is 1. The van der Waals surface area contributed by atoms with Gasteiger partial charge < -0.3 is 4.74 Å². The van der Waals surface area contributed by atoms with E-state index in [9.17, 15) is 4.79 Å². The SMILES string of the molecule is Cc1ccc(/C=N/NC(=O)C(C)Oc2ccc(-c3ccccc3)cc2)cc1. The number of hydrogen-bond donors (Lipinski definition) is 1. The van der Waals surface area contributed by atoms with Crippen LogP contribution in [0.1, 0.15) is 18.1 Å². The normalized spacial score (nSPS) is 11.9. The van der Waals surface area contributed by atoms with Gasteiger partial charge in [-0.3, -0.25) is 4.79 Å². The second-order valence-corrected chi connectivity index (χ2v) is 6.30. The summed E-state index contributed by atoms with van der Waals surface area (Å²) >= 11 is 0. The molecular weight excluding hydrogens is 336 g/mol. The molecule has 3 rings (SSSR count). The average molecular weight is 358 g/mol. The number of aryl methyl sites for hydroxylation is 1. The van der Waals surface area contributed by atoms with E-state index in [1.807, 2.05) is 73.7 Å². The van der Waals surface area contributed by atoms with Crippen LogP contribution >= 0.6 is 0 Å². The van der Waals surface area contributed by atoms with E-state index in [0.29, 0.717) is 5.75 Å². The number of amides is 1. The number of carbonyl (C=O) groups excluding carboxylic acids is 1. The quantitative estimate of drug-likeness (QED) is 0.518. The number of hydrogen-bond acceptors (Lipinski definition) is 3. The third kappa shape index (κ3) is 5.28. The molecule has 3 aromatic rings. The fourth-order valence-corrected chi connectivity index (χ4v) is 2.53. The topological polar surface area (TPSA) is 50.7 Å². The molecule has 0 fully saturated rings. The monoisotopic (exact) mass is 358 g/mol. The van der Waals surface area contributed by atoms with Crippen molar-refractivity contribution in [2.45, 2.75) is 20.0 Å². The van der Waals surface area contributed by atoms with Crippen molar-refractivity contribution in [1.82, 2.24) is 5.43 Å². The van der Waals surface area contributed by atoms with Crippen molar-refractivity contribution in [2.75, 3.05) is 0 Å². The maximum absolute atomic E-state index is 12.1. The van der Waals surface area contributed by atoms with Crippen LogP contribution in [0.5, 0.6) is 5.75 Å². The van der Waals surface area contributed by atoms with E-state index in [1.54, 1.807) is 13.1 Å². The molecule has 4 nitrogen and oxygen atoms in total. The van der Waals surface area contributed by atoms with Gasteiger partial charge >= 0.3 is 0 Å². The maximum Gasteiger partial charge on any atom is 0.280 e. The van der Waals surface area contributed by atoms with Crippen molar-refractivity contribution >= 4 is 12.1 Å². The minimum Gasteiger partial charge on any atom is -0.481 e. The molecule has 0 aliphatic carbocycles. The van der Waals surface area contributed by atoms with Gasteiger partial charge in [-0.25, -0.2) is 5.43 Å². The minimum atomic E-state index is -0.650. The van der Waals surface area contributed by atoms with Crippen LogP contribution in [0.15, 0.2) is 84.0 Å². The van der Waals surface area contributed by atoms with Crippen molar-refractivity contribution in [3.05, 3.63) is 90.0 Å². The summed E-state index contributed by atoms with van der Waals surface area (Å²) in [5, 5.41) is 3.98. The van der Waals surface area contributed by atoms with Crippen LogP contribution in [0.4, 0.5) is 0 Å². The van der Waals surface area contributed by atoms with Crippen LogP contribution in [-0.4, -0.2) is 18.2 Å². The van der Waals surface area contributed by atoms with Gasteiger partial charge in [0.25, 0.3) is 5.91 Å². The molecule has 1 amide bonds. The molecule has 1 N–H and O–H groups in total. The summed E-state index contributed by atoms with van der Waals surface area (Å²) in [4.78, 5) is 12.1. The summed E-state index contributed by atoms with van der Waals surface area (Å²) in [5.41, 5.74) is 6.85. The predicted octanol–water partition coefficient (Wildman–Crippen LogP) is 4.58. The first kappa shape index (κ1) is 18.4. The van der Waals surface area contributed by atoms with Gasteiger partial charge in [0.05, 0.1) is 6.21 Å². The largest absolute Gasteiger partial charge is 0.481 e. The summed E-state index contributed by atoms with van der Waals surface area (Å²) in [7, 11) is 0. The van der Waals surface area contributed by atoms with Gasteiger partial charge in [0.2, 0.25) is 0 Å². The zero-order valence-corrected chi connectivity index (χ0v) is 15.4. The number of rotatable bonds is 6. The Morgan fingerprint density at radius 1 is 0.926 bits per heavy atom. The van der Waals surface area contributed by atoms with E-state index >= 15 is 0 Å². The predicted molar refractivity (Wildman–Crippen MR) is 109 cm³/mol. The molecule has 0 aromatic heterocycles. The molecule has 1 unspecified atom stereocenters. The van der Waals surface area contributed by atoms with Gasteiger partial charge in [-0.15, -0.1) is 0 Å². The van der Waals surface area contributed by atoms with Crippen molar-refractivity contribution in [3.63, 3.8) is 0 Å². The summed E-state index contributed by atoms with van der Waals surface area (Å²) in [5.74, 6) is 0.338. The molecular formula is C23H22N2O2. The lowest BCUT2D eigenvalue weighted by Crippen LogP contribution is -2.33. The Labute approximate surface area is 159 Å². The molecule has 3 aromatic carbocycles. The molecule has 0 aliphatic heterocycles. The Balaban J connectivity index is 1.54. The minimum absolute atomic E-state index is 0.300. The maximum atomic E-state index is 12.1. The van der Waals surface area contributed by atoms with Crippen molar-refractivity contribution < 1.29 is 9.53 Å². The van der Waals surface area contributed by atoms with Gasteiger partial charge in [-0.1, -0.05) is 72.3 Å². The van der Waals surface area contributed by atoms with E-state index in [0.717, 1.165) is 16.7 Å². The molecule has 4 heteroatoms. The van der Waals surface area contributed by atoms with Crippen LogP contribution in [-0.2, 0) is 4.79 Å². The van der Waals surface area contributed by atoms with E-state index in [1.165, 1.54) is 5.56 Å². The zero-order valence-electron chi connectivity index (χ0n) is 15.4. The molecule has 0 bridgehead atoms. The van der Waals surface area contributed by atoms with Crippen molar-refractivity contribution in [3.8, 4) is 16.9 Å². The third-order valence-electron chi connectivity index (χ3n) is 4.11. The molecule has 136 valence electrons. The molecule has 0 radical (unpaired) electrons. The molecule has 0 aliphatic rings. The highest BCUT2D eigenvalue weighted by Crippen LogP contribution is 2.22. The molecule has 1 atom stereocenters. The van der Waals surface area contributed by atoms with Crippen LogP contribution in [0.25, 0.3) is 11.1 Å². The molecule has 0 saturated heterocycles. The highest BCUT2D eigenvalue weighted by Gasteiger charge is 2.13. The third-order valence-corrected chi connectivity index (χ3v) is 4.11. The smallest absolute Gasteiger partial charge is 0.280 e. The second-order valence-electron chi connectivity index (χ2n) is 6.30. The molecule has 27 heavy (non-hydrogen) atoms. The Kier molecular flexibility index (Phi) is 6.00. The van der Waals surface area contributed by atoms with Gasteiger partial charge in [0, 0.05) is 0 Å². The molecule has 0 saturated carbocycles. The first-order valence-corrected chi connectivity index (χ1v) is 8.83. The van der Waals surface area contributed by atoms with Crippen LogP contribution in [0.3, 0.4) is 0 Å². The van der Waals surface area contributed by atoms with E-state index in [4.69, 9.17) is 4.74 Å². The van der Waals surface area contributed by atoms with Gasteiger partial charge in [0.15, 0.2) is 6.10 Å². The summed E-state index contributed by atoms with van der Waals surface area (Å²) in [6.45, 7) is 3.72. The Morgan fingerprint density at radius 2 is 1.56 bits per heavy atom. The summed E-state index contributed by atoms with van der Waals surface area (Å²) in [6.07, 6.45) is 0.960. The number of nitrogens with one attached hydrogen (secondary N) is 1. The van der Waals surface area contributed by atoms with Gasteiger partial charge in [0.1, 0.15) is 5.75 Å². The Morgan fingerprint density at radius 3 is 2.22 bits per heavy atom.